The Morgan fingerprint density at radius 1 is 1.19 bits per heavy atom. The van der Waals surface area contributed by atoms with E-state index in [4.69, 9.17) is 0 Å². The molecule has 2 heteroatoms. The smallest absolute Gasteiger partial charge is 0.0468 e. The molecule has 1 unspecified atom stereocenters. The van der Waals surface area contributed by atoms with Gasteiger partial charge in [-0.1, -0.05) is 33.6 Å². The summed E-state index contributed by atoms with van der Waals surface area (Å²) in [7, 11) is 0. The number of nitrogens with zero attached hydrogens (tertiary/aromatic N) is 1. The fourth-order valence-electron chi connectivity index (χ4n) is 2.57. The minimum Gasteiger partial charge on any atom is -0.396 e. The van der Waals surface area contributed by atoms with Gasteiger partial charge in [0.2, 0.25) is 0 Å². The maximum atomic E-state index is 9.18. The van der Waals surface area contributed by atoms with Gasteiger partial charge in [-0.05, 0) is 37.6 Å². The van der Waals surface area contributed by atoms with Gasteiger partial charge in [0.25, 0.3) is 0 Å². The lowest BCUT2D eigenvalue weighted by atomic mass is 10.1. The van der Waals surface area contributed by atoms with Gasteiger partial charge in [0, 0.05) is 19.2 Å². The van der Waals surface area contributed by atoms with E-state index in [9.17, 15) is 5.11 Å². The molecule has 96 valence electrons. The van der Waals surface area contributed by atoms with E-state index in [0.717, 1.165) is 18.5 Å². The van der Waals surface area contributed by atoms with E-state index in [0.29, 0.717) is 12.5 Å². The summed E-state index contributed by atoms with van der Waals surface area (Å²) in [4.78, 5) is 2.63. The molecule has 1 saturated carbocycles. The lowest BCUT2D eigenvalue weighted by molar-refractivity contribution is 0.132. The summed E-state index contributed by atoms with van der Waals surface area (Å²) in [5.41, 5.74) is 0. The highest BCUT2D eigenvalue weighted by molar-refractivity contribution is 4.78. The maximum Gasteiger partial charge on any atom is 0.0468 e. The Morgan fingerprint density at radius 2 is 1.81 bits per heavy atom. The Kier molecular flexibility index (Phi) is 6.37. The maximum absolute atomic E-state index is 9.18. The van der Waals surface area contributed by atoms with Gasteiger partial charge in [-0.15, -0.1) is 0 Å². The van der Waals surface area contributed by atoms with Crippen LogP contribution >= 0.6 is 0 Å². The third kappa shape index (κ3) is 4.84. The molecule has 0 aromatic carbocycles. The average molecular weight is 227 g/mol. The molecule has 0 bridgehead atoms. The minimum atomic E-state index is 0.324. The minimum absolute atomic E-state index is 0.324. The third-order valence-corrected chi connectivity index (χ3v) is 3.69. The summed E-state index contributed by atoms with van der Waals surface area (Å²) in [6.07, 6.45) is 6.83. The largest absolute Gasteiger partial charge is 0.396 e. The zero-order chi connectivity index (χ0) is 12.0. The van der Waals surface area contributed by atoms with Crippen LogP contribution in [-0.2, 0) is 0 Å². The first-order valence-electron chi connectivity index (χ1n) is 6.98. The van der Waals surface area contributed by atoms with Crippen molar-refractivity contribution in [2.45, 2.75) is 58.9 Å². The molecule has 0 aromatic heterocycles. The second kappa shape index (κ2) is 7.29. The van der Waals surface area contributed by atoms with Crippen LogP contribution in [0.4, 0.5) is 0 Å². The van der Waals surface area contributed by atoms with Crippen LogP contribution in [0.3, 0.4) is 0 Å². The quantitative estimate of drug-likeness (QED) is 0.723. The van der Waals surface area contributed by atoms with Crippen molar-refractivity contribution in [3.05, 3.63) is 0 Å². The number of aliphatic hydroxyl groups is 1. The zero-order valence-corrected chi connectivity index (χ0v) is 11.3. The third-order valence-electron chi connectivity index (χ3n) is 3.69. The standard InChI is InChI=1S/C14H29NO/c1-12(2)8-9-15(10-13(3)11-16)14-6-4-5-7-14/h12-14,16H,4-11H2,1-3H3. The molecule has 0 aromatic rings. The number of hydrogen-bond donors (Lipinski definition) is 1. The lowest BCUT2D eigenvalue weighted by Crippen LogP contribution is -2.38. The SMILES string of the molecule is CC(C)CCN(CC(C)CO)C1CCCC1. The van der Waals surface area contributed by atoms with Gasteiger partial charge in [0.1, 0.15) is 0 Å². The summed E-state index contributed by atoms with van der Waals surface area (Å²) >= 11 is 0. The van der Waals surface area contributed by atoms with Gasteiger partial charge < -0.3 is 10.0 Å². The summed E-state index contributed by atoms with van der Waals surface area (Å²) < 4.78 is 0. The first-order valence-corrected chi connectivity index (χ1v) is 6.98. The molecular weight excluding hydrogens is 198 g/mol. The van der Waals surface area contributed by atoms with Crippen LogP contribution in [0, 0.1) is 11.8 Å². The van der Waals surface area contributed by atoms with Gasteiger partial charge >= 0.3 is 0 Å². The highest BCUT2D eigenvalue weighted by atomic mass is 16.3. The van der Waals surface area contributed by atoms with Crippen molar-refractivity contribution in [1.29, 1.82) is 0 Å². The number of rotatable bonds is 7. The highest BCUT2D eigenvalue weighted by Gasteiger charge is 2.23. The molecule has 1 aliphatic rings. The molecular formula is C14H29NO. The average Bonchev–Trinajstić information content (AvgIpc) is 2.76. The summed E-state index contributed by atoms with van der Waals surface area (Å²) in [5, 5.41) is 9.18. The van der Waals surface area contributed by atoms with Crippen molar-refractivity contribution in [2.24, 2.45) is 11.8 Å². The Balaban J connectivity index is 2.40. The Hall–Kier alpha value is -0.0800. The van der Waals surface area contributed by atoms with Gasteiger partial charge in [0.15, 0.2) is 0 Å². The Morgan fingerprint density at radius 3 is 2.31 bits per heavy atom. The monoisotopic (exact) mass is 227 g/mol. The normalized spacial score (nSPS) is 19.9. The van der Waals surface area contributed by atoms with Crippen LogP contribution in [0.5, 0.6) is 0 Å². The van der Waals surface area contributed by atoms with Gasteiger partial charge in [-0.3, -0.25) is 0 Å². The Bertz CT molecular complexity index is 176. The first-order chi connectivity index (χ1) is 7.63. The topological polar surface area (TPSA) is 23.5 Å². The lowest BCUT2D eigenvalue weighted by Gasteiger charge is -2.31. The van der Waals surface area contributed by atoms with E-state index in [2.05, 4.69) is 25.7 Å². The summed E-state index contributed by atoms with van der Waals surface area (Å²) in [6, 6.07) is 0.799. The van der Waals surface area contributed by atoms with Crippen molar-refractivity contribution in [3.8, 4) is 0 Å². The van der Waals surface area contributed by atoms with Crippen LogP contribution in [0.2, 0.25) is 0 Å². The molecule has 0 saturated heterocycles. The van der Waals surface area contributed by atoms with Crippen molar-refractivity contribution in [2.75, 3.05) is 19.7 Å². The number of aliphatic hydroxyl groups excluding tert-OH is 1. The van der Waals surface area contributed by atoms with Gasteiger partial charge in [-0.25, -0.2) is 0 Å². The van der Waals surface area contributed by atoms with E-state index >= 15 is 0 Å². The van der Waals surface area contributed by atoms with Crippen molar-refractivity contribution in [3.63, 3.8) is 0 Å². The second-order valence-corrected chi connectivity index (χ2v) is 5.90. The van der Waals surface area contributed by atoms with E-state index in [-0.39, 0.29) is 0 Å². The van der Waals surface area contributed by atoms with E-state index < -0.39 is 0 Å². The molecule has 2 nitrogen and oxygen atoms in total. The summed E-state index contributed by atoms with van der Waals surface area (Å²) in [6.45, 7) is 9.35. The summed E-state index contributed by atoms with van der Waals surface area (Å²) in [5.74, 6) is 1.21. The van der Waals surface area contributed by atoms with Crippen LogP contribution in [0.15, 0.2) is 0 Å². The van der Waals surface area contributed by atoms with E-state index in [1.165, 1.54) is 38.6 Å². The first kappa shape index (κ1) is 14.0. The molecule has 0 aliphatic heterocycles. The molecule has 0 radical (unpaired) electrons. The van der Waals surface area contributed by atoms with Crippen LogP contribution in [0.25, 0.3) is 0 Å². The van der Waals surface area contributed by atoms with E-state index in [1.807, 2.05) is 0 Å². The van der Waals surface area contributed by atoms with Gasteiger partial charge in [-0.2, -0.15) is 0 Å². The van der Waals surface area contributed by atoms with Crippen molar-refractivity contribution < 1.29 is 5.11 Å². The number of hydrogen-bond acceptors (Lipinski definition) is 2. The molecule has 16 heavy (non-hydrogen) atoms. The molecule has 0 heterocycles. The Labute approximate surface area is 101 Å². The predicted molar refractivity (Wildman–Crippen MR) is 69.5 cm³/mol. The molecule has 1 rings (SSSR count). The highest BCUT2D eigenvalue weighted by Crippen LogP contribution is 2.24. The fraction of sp³-hybridized carbons (Fsp3) is 1.00. The van der Waals surface area contributed by atoms with Crippen LogP contribution < -0.4 is 0 Å². The molecule has 0 amide bonds. The van der Waals surface area contributed by atoms with E-state index in [1.54, 1.807) is 0 Å². The predicted octanol–water partition coefficient (Wildman–Crippen LogP) is 2.91. The second-order valence-electron chi connectivity index (χ2n) is 5.90. The molecule has 1 N–H and O–H groups in total. The van der Waals surface area contributed by atoms with Gasteiger partial charge in [0.05, 0.1) is 0 Å². The molecule has 1 atom stereocenters. The van der Waals surface area contributed by atoms with Crippen LogP contribution in [-0.4, -0.2) is 35.7 Å². The fourth-order valence-corrected chi connectivity index (χ4v) is 2.57. The molecule has 1 fully saturated rings. The molecule has 1 aliphatic carbocycles. The zero-order valence-electron chi connectivity index (χ0n) is 11.3. The van der Waals surface area contributed by atoms with Crippen LogP contribution in [0.1, 0.15) is 52.9 Å². The van der Waals surface area contributed by atoms with Crippen molar-refractivity contribution >= 4 is 0 Å². The molecule has 0 spiro atoms. The van der Waals surface area contributed by atoms with Crippen molar-refractivity contribution in [1.82, 2.24) is 4.90 Å².